The molecule has 0 unspecified atom stereocenters. The van der Waals surface area contributed by atoms with Crippen molar-refractivity contribution in [2.75, 3.05) is 44.0 Å². The third kappa shape index (κ3) is 4.03. The molecule has 0 saturated carbocycles. The third-order valence-electron chi connectivity index (χ3n) is 5.28. The molecule has 8 nitrogen and oxygen atoms in total. The van der Waals surface area contributed by atoms with Crippen molar-refractivity contribution in [3.63, 3.8) is 0 Å². The van der Waals surface area contributed by atoms with Crippen molar-refractivity contribution >= 4 is 22.7 Å². The van der Waals surface area contributed by atoms with E-state index in [2.05, 4.69) is 27.1 Å². The van der Waals surface area contributed by atoms with Gasteiger partial charge < -0.3 is 25.4 Å². The van der Waals surface area contributed by atoms with Crippen LogP contribution in [0.4, 0.5) is 17.2 Å². The van der Waals surface area contributed by atoms with Crippen molar-refractivity contribution in [1.29, 1.82) is 5.26 Å². The molecule has 3 N–H and O–H groups in total. The Morgan fingerprint density at radius 3 is 2.80 bits per heavy atom. The van der Waals surface area contributed by atoms with Crippen LogP contribution >= 0.6 is 0 Å². The fourth-order valence-electron chi connectivity index (χ4n) is 3.70. The second kappa shape index (κ2) is 9.03. The Kier molecular flexibility index (Phi) is 6.02. The third-order valence-corrected chi connectivity index (χ3v) is 5.28. The van der Waals surface area contributed by atoms with E-state index in [0.717, 1.165) is 53.5 Å². The van der Waals surface area contributed by atoms with E-state index >= 15 is 0 Å². The molecule has 0 bridgehead atoms. The van der Waals surface area contributed by atoms with Gasteiger partial charge in [0.25, 0.3) is 0 Å². The highest BCUT2D eigenvalue weighted by molar-refractivity contribution is 5.82. The predicted molar refractivity (Wildman–Crippen MR) is 117 cm³/mol. The first-order chi connectivity index (χ1) is 14.7. The Morgan fingerprint density at radius 2 is 2.10 bits per heavy atom. The zero-order chi connectivity index (χ0) is 20.9. The monoisotopic (exact) mass is 406 g/mol. The summed E-state index contributed by atoms with van der Waals surface area (Å²) in [6.07, 6.45) is 2.75. The van der Waals surface area contributed by atoms with E-state index in [0.29, 0.717) is 24.8 Å². The maximum Gasteiger partial charge on any atom is 0.137 e. The highest BCUT2D eigenvalue weighted by Gasteiger charge is 2.22. The molecule has 8 heteroatoms. The molecule has 156 valence electrons. The fraction of sp³-hybridized carbons (Fsp3) is 0.364. The Labute approximate surface area is 175 Å². The van der Waals surface area contributed by atoms with Gasteiger partial charge in [0.05, 0.1) is 24.0 Å². The number of nitriles is 1. The molecule has 0 spiro atoms. The van der Waals surface area contributed by atoms with Gasteiger partial charge in [-0.15, -0.1) is 0 Å². The van der Waals surface area contributed by atoms with Crippen molar-refractivity contribution in [2.45, 2.75) is 19.4 Å². The Balaban J connectivity index is 1.65. The molecule has 3 aromatic rings. The number of nitrogens with zero attached hydrogens (tertiary/aromatic N) is 3. The second-order valence-corrected chi connectivity index (χ2v) is 7.29. The van der Waals surface area contributed by atoms with Crippen molar-refractivity contribution in [3.8, 4) is 11.8 Å². The molecule has 0 aliphatic carbocycles. The van der Waals surface area contributed by atoms with Gasteiger partial charge in [0, 0.05) is 30.9 Å². The van der Waals surface area contributed by atoms with Gasteiger partial charge in [0.15, 0.2) is 0 Å². The van der Waals surface area contributed by atoms with Crippen LogP contribution < -0.4 is 20.7 Å². The van der Waals surface area contributed by atoms with Gasteiger partial charge in [-0.1, -0.05) is 0 Å². The van der Waals surface area contributed by atoms with Crippen molar-refractivity contribution in [2.24, 2.45) is 0 Å². The van der Waals surface area contributed by atoms with E-state index in [1.165, 1.54) is 0 Å². The normalized spacial score (nSPS) is 15.8. The van der Waals surface area contributed by atoms with Crippen LogP contribution in [-0.4, -0.2) is 49.1 Å². The fourth-order valence-corrected chi connectivity index (χ4v) is 3.70. The average Bonchev–Trinajstić information content (AvgIpc) is 3.45. The number of fused-ring (bicyclic) bond motifs is 1. The summed E-state index contributed by atoms with van der Waals surface area (Å²) in [5, 5.41) is 24.7. The van der Waals surface area contributed by atoms with Gasteiger partial charge in [-0.05, 0) is 50.2 Å². The van der Waals surface area contributed by atoms with Crippen molar-refractivity contribution in [1.82, 2.24) is 14.9 Å². The number of methoxy groups -OCH3 is 1. The summed E-state index contributed by atoms with van der Waals surface area (Å²) in [6, 6.07) is 12.3. The number of nitrogens with one attached hydrogen (secondary N) is 3. The lowest BCUT2D eigenvalue weighted by Gasteiger charge is -2.21. The van der Waals surface area contributed by atoms with Gasteiger partial charge in [-0.2, -0.15) is 10.4 Å². The average molecular weight is 406 g/mol. The van der Waals surface area contributed by atoms with Gasteiger partial charge in [-0.3, -0.25) is 0 Å². The Morgan fingerprint density at radius 1 is 1.27 bits per heavy atom. The molecule has 1 fully saturated rings. The maximum atomic E-state index is 9.84. The molecule has 1 saturated heterocycles. The number of benzene rings is 1. The van der Waals surface area contributed by atoms with E-state index in [1.54, 1.807) is 17.8 Å². The van der Waals surface area contributed by atoms with Crippen molar-refractivity contribution < 1.29 is 9.47 Å². The molecule has 4 rings (SSSR count). The highest BCUT2D eigenvalue weighted by atomic mass is 16.5. The van der Waals surface area contributed by atoms with Crippen LogP contribution in [-0.2, 0) is 4.74 Å². The number of hydrogen-bond acceptors (Lipinski definition) is 7. The number of rotatable bonds is 8. The first-order valence-corrected chi connectivity index (χ1v) is 10.1. The van der Waals surface area contributed by atoms with E-state index in [4.69, 9.17) is 9.47 Å². The van der Waals surface area contributed by atoms with Crippen LogP contribution in [0, 0.1) is 18.3 Å². The SMILES string of the molecule is COCCOc1ccc(Nc2c(C)c(N[C@H]3CCNC3)c(C#N)c3ccnn23)cc1. The van der Waals surface area contributed by atoms with Crippen LogP contribution in [0.5, 0.6) is 5.75 Å². The maximum absolute atomic E-state index is 9.84. The molecule has 0 amide bonds. The summed E-state index contributed by atoms with van der Waals surface area (Å²) in [5.41, 5.74) is 4.12. The van der Waals surface area contributed by atoms with Crippen LogP contribution in [0.1, 0.15) is 17.5 Å². The molecule has 1 atom stereocenters. The first kappa shape index (κ1) is 20.0. The topological polar surface area (TPSA) is 95.6 Å². The summed E-state index contributed by atoms with van der Waals surface area (Å²) < 4.78 is 12.4. The van der Waals surface area contributed by atoms with Gasteiger partial charge in [0.2, 0.25) is 0 Å². The van der Waals surface area contributed by atoms with Gasteiger partial charge in [0.1, 0.15) is 29.8 Å². The predicted octanol–water partition coefficient (Wildman–Crippen LogP) is 3.06. The standard InChI is InChI=1S/C22H26N6O2/c1-15-21(26-17-7-9-24-14-17)19(13-23)20-8-10-25-28(20)22(15)27-16-3-5-18(6-4-16)30-12-11-29-2/h3-6,8,10,17,24,26-27H,7,9,11-12,14H2,1-2H3/t17-/m0/s1. The second-order valence-electron chi connectivity index (χ2n) is 7.29. The molecule has 30 heavy (non-hydrogen) atoms. The van der Waals surface area contributed by atoms with E-state index in [-0.39, 0.29) is 0 Å². The molecule has 0 radical (unpaired) electrons. The zero-order valence-electron chi connectivity index (χ0n) is 17.2. The summed E-state index contributed by atoms with van der Waals surface area (Å²) in [6.45, 7) is 4.95. The molecule has 3 heterocycles. The quantitative estimate of drug-likeness (QED) is 0.495. The molecule has 1 aromatic carbocycles. The lowest BCUT2D eigenvalue weighted by molar-refractivity contribution is 0.146. The van der Waals surface area contributed by atoms with Gasteiger partial charge in [-0.25, -0.2) is 4.52 Å². The lowest BCUT2D eigenvalue weighted by atomic mass is 10.1. The van der Waals surface area contributed by atoms with Crippen LogP contribution in [0.25, 0.3) is 5.52 Å². The minimum Gasteiger partial charge on any atom is -0.491 e. The van der Waals surface area contributed by atoms with Crippen LogP contribution in [0.3, 0.4) is 0 Å². The molecular weight excluding hydrogens is 380 g/mol. The van der Waals surface area contributed by atoms with E-state index < -0.39 is 0 Å². The van der Waals surface area contributed by atoms with Gasteiger partial charge >= 0.3 is 0 Å². The number of hydrogen-bond donors (Lipinski definition) is 3. The Hall–Kier alpha value is -3.28. The van der Waals surface area contributed by atoms with E-state index in [1.807, 2.05) is 37.3 Å². The van der Waals surface area contributed by atoms with Crippen LogP contribution in [0.15, 0.2) is 36.5 Å². The zero-order valence-corrected chi connectivity index (χ0v) is 17.2. The summed E-state index contributed by atoms with van der Waals surface area (Å²) in [4.78, 5) is 0. The molecular formula is C22H26N6O2. The number of aromatic nitrogens is 2. The van der Waals surface area contributed by atoms with E-state index in [9.17, 15) is 5.26 Å². The number of ether oxygens (including phenoxy) is 2. The number of pyridine rings is 1. The smallest absolute Gasteiger partial charge is 0.137 e. The van der Waals surface area contributed by atoms with Crippen LogP contribution in [0.2, 0.25) is 0 Å². The summed E-state index contributed by atoms with van der Waals surface area (Å²) in [7, 11) is 1.65. The lowest BCUT2D eigenvalue weighted by Crippen LogP contribution is -2.24. The molecule has 1 aliphatic rings. The summed E-state index contributed by atoms with van der Waals surface area (Å²) in [5.74, 6) is 1.62. The molecule has 2 aromatic heterocycles. The van der Waals surface area contributed by atoms with Crippen molar-refractivity contribution in [3.05, 3.63) is 47.7 Å². The molecule has 1 aliphatic heterocycles. The first-order valence-electron chi connectivity index (χ1n) is 10.1. The minimum atomic E-state index is 0.303. The Bertz CT molecular complexity index is 1050. The summed E-state index contributed by atoms with van der Waals surface area (Å²) >= 11 is 0. The largest absolute Gasteiger partial charge is 0.491 e. The number of anilines is 3. The highest BCUT2D eigenvalue weighted by Crippen LogP contribution is 2.34. The minimum absolute atomic E-state index is 0.303.